The molecule has 0 atom stereocenters. The molecule has 0 aromatic rings. The second-order valence-electron chi connectivity index (χ2n) is 5.43. The van der Waals surface area contributed by atoms with E-state index in [2.05, 4.69) is 0 Å². The molecule has 1 spiro atoms. The smallest absolute Gasteiger partial charge is 0.264 e. The van der Waals surface area contributed by atoms with Crippen LogP contribution in [0.3, 0.4) is 0 Å². The van der Waals surface area contributed by atoms with Crippen LogP contribution in [-0.4, -0.2) is 45.2 Å². The van der Waals surface area contributed by atoms with E-state index in [-0.39, 0.29) is 17.4 Å². The van der Waals surface area contributed by atoms with Crippen LogP contribution in [0.1, 0.15) is 32.1 Å². The minimum atomic E-state index is -3.36. The van der Waals surface area contributed by atoms with Crippen LogP contribution in [-0.2, 0) is 19.1 Å². The molecule has 6 heteroatoms. The molecule has 0 unspecified atom stereocenters. The molecule has 17 heavy (non-hydrogen) atoms. The first-order valence-electron chi connectivity index (χ1n) is 5.92. The number of nitrogens with zero attached hydrogens (tertiary/aromatic N) is 1. The molecular weight excluding hydrogens is 242 g/mol. The van der Waals surface area contributed by atoms with Gasteiger partial charge in [-0.05, 0) is 31.1 Å². The normalized spacial score (nSPS) is 34.6. The highest BCUT2D eigenvalue weighted by Gasteiger charge is 2.44. The third-order valence-electron chi connectivity index (χ3n) is 3.83. The standard InChI is InChI=1S/C11H19NO4S/c1-12-8-11(7-10(12)13)5-3-9(4-6-11)16-17(2,14)15/h9H,3-8H2,1-2H3. The summed E-state index contributed by atoms with van der Waals surface area (Å²) >= 11 is 0. The minimum Gasteiger partial charge on any atom is -0.345 e. The van der Waals surface area contributed by atoms with Gasteiger partial charge in [0.2, 0.25) is 5.91 Å². The molecule has 1 saturated heterocycles. The summed E-state index contributed by atoms with van der Waals surface area (Å²) in [4.78, 5) is 13.3. The molecule has 0 aromatic heterocycles. The average molecular weight is 261 g/mol. The van der Waals surface area contributed by atoms with Gasteiger partial charge in [0.25, 0.3) is 10.1 Å². The molecule has 1 saturated carbocycles. The van der Waals surface area contributed by atoms with Gasteiger partial charge in [0.15, 0.2) is 0 Å². The van der Waals surface area contributed by atoms with Crippen LogP contribution in [0.4, 0.5) is 0 Å². The predicted molar refractivity (Wildman–Crippen MR) is 62.9 cm³/mol. The maximum absolute atomic E-state index is 11.6. The molecule has 2 rings (SSSR count). The molecule has 0 radical (unpaired) electrons. The Balaban J connectivity index is 1.93. The van der Waals surface area contributed by atoms with Crippen molar-refractivity contribution >= 4 is 16.0 Å². The summed E-state index contributed by atoms with van der Waals surface area (Å²) in [6.45, 7) is 0.803. The van der Waals surface area contributed by atoms with Crippen LogP contribution in [0, 0.1) is 5.41 Å². The van der Waals surface area contributed by atoms with Crippen molar-refractivity contribution < 1.29 is 17.4 Å². The van der Waals surface area contributed by atoms with Gasteiger partial charge in [-0.15, -0.1) is 0 Å². The van der Waals surface area contributed by atoms with Crippen molar-refractivity contribution in [2.45, 2.75) is 38.2 Å². The van der Waals surface area contributed by atoms with E-state index >= 15 is 0 Å². The van der Waals surface area contributed by atoms with E-state index in [0.717, 1.165) is 38.5 Å². The van der Waals surface area contributed by atoms with Crippen molar-refractivity contribution in [3.8, 4) is 0 Å². The van der Waals surface area contributed by atoms with Crippen molar-refractivity contribution in [1.82, 2.24) is 4.90 Å². The topological polar surface area (TPSA) is 63.7 Å². The maximum atomic E-state index is 11.6. The second-order valence-corrected chi connectivity index (χ2v) is 7.03. The van der Waals surface area contributed by atoms with Gasteiger partial charge >= 0.3 is 0 Å². The zero-order valence-corrected chi connectivity index (χ0v) is 11.1. The number of hydrogen-bond acceptors (Lipinski definition) is 4. The van der Waals surface area contributed by atoms with Crippen molar-refractivity contribution in [3.05, 3.63) is 0 Å². The summed E-state index contributed by atoms with van der Waals surface area (Å²) in [5.74, 6) is 0.201. The van der Waals surface area contributed by atoms with Gasteiger partial charge in [0, 0.05) is 20.0 Å². The summed E-state index contributed by atoms with van der Waals surface area (Å²) in [6, 6.07) is 0. The molecule has 0 aromatic carbocycles. The van der Waals surface area contributed by atoms with E-state index in [1.165, 1.54) is 0 Å². The number of carbonyl (C=O) groups is 1. The Bertz CT molecular complexity index is 409. The van der Waals surface area contributed by atoms with E-state index in [1.54, 1.807) is 4.90 Å². The Labute approximate surface area is 102 Å². The highest BCUT2D eigenvalue weighted by atomic mass is 32.2. The highest BCUT2D eigenvalue weighted by Crippen LogP contribution is 2.44. The summed E-state index contributed by atoms with van der Waals surface area (Å²) in [5, 5.41) is 0. The van der Waals surface area contributed by atoms with Crippen LogP contribution in [0.2, 0.25) is 0 Å². The van der Waals surface area contributed by atoms with Crippen molar-refractivity contribution in [1.29, 1.82) is 0 Å². The molecule has 0 N–H and O–H groups in total. The van der Waals surface area contributed by atoms with Gasteiger partial charge in [-0.2, -0.15) is 8.42 Å². The van der Waals surface area contributed by atoms with E-state index in [9.17, 15) is 13.2 Å². The maximum Gasteiger partial charge on any atom is 0.264 e. The molecule has 98 valence electrons. The average Bonchev–Trinajstić information content (AvgIpc) is 2.45. The van der Waals surface area contributed by atoms with Crippen molar-refractivity contribution in [3.63, 3.8) is 0 Å². The van der Waals surface area contributed by atoms with Crippen LogP contribution in [0.5, 0.6) is 0 Å². The number of likely N-dealkylation sites (tertiary alicyclic amines) is 1. The fourth-order valence-corrected chi connectivity index (χ4v) is 3.67. The molecule has 2 aliphatic rings. The molecule has 1 aliphatic carbocycles. The number of hydrogen-bond donors (Lipinski definition) is 0. The molecule has 1 heterocycles. The number of amides is 1. The van der Waals surface area contributed by atoms with Crippen LogP contribution < -0.4 is 0 Å². The predicted octanol–water partition coefficient (Wildman–Crippen LogP) is 0.754. The second kappa shape index (κ2) is 4.24. The summed E-state index contributed by atoms with van der Waals surface area (Å²) in [7, 11) is -1.53. The molecule has 1 aliphatic heterocycles. The van der Waals surface area contributed by atoms with Gasteiger partial charge in [-0.25, -0.2) is 0 Å². The Morgan fingerprint density at radius 2 is 1.94 bits per heavy atom. The lowest BCUT2D eigenvalue weighted by Crippen LogP contribution is -2.33. The summed E-state index contributed by atoms with van der Waals surface area (Å²) < 4.78 is 27.1. The van der Waals surface area contributed by atoms with Crippen LogP contribution in [0.25, 0.3) is 0 Å². The Morgan fingerprint density at radius 3 is 2.35 bits per heavy atom. The first kappa shape index (κ1) is 12.8. The molecule has 0 bridgehead atoms. The lowest BCUT2D eigenvalue weighted by atomic mass is 9.72. The third kappa shape index (κ3) is 2.98. The zero-order valence-electron chi connectivity index (χ0n) is 10.3. The lowest BCUT2D eigenvalue weighted by molar-refractivity contribution is -0.126. The fraction of sp³-hybridized carbons (Fsp3) is 0.909. The Kier molecular flexibility index (Phi) is 3.20. The molecule has 1 amide bonds. The Morgan fingerprint density at radius 1 is 1.35 bits per heavy atom. The molecule has 5 nitrogen and oxygen atoms in total. The highest BCUT2D eigenvalue weighted by molar-refractivity contribution is 7.86. The number of carbonyl (C=O) groups excluding carboxylic acids is 1. The van der Waals surface area contributed by atoms with Crippen molar-refractivity contribution in [2.24, 2.45) is 5.41 Å². The Hall–Kier alpha value is -0.620. The van der Waals surface area contributed by atoms with E-state index in [4.69, 9.17) is 4.18 Å². The van der Waals surface area contributed by atoms with Crippen LogP contribution in [0.15, 0.2) is 0 Å². The quantitative estimate of drug-likeness (QED) is 0.688. The van der Waals surface area contributed by atoms with E-state index < -0.39 is 10.1 Å². The van der Waals surface area contributed by atoms with Gasteiger partial charge in [-0.3, -0.25) is 8.98 Å². The van der Waals surface area contributed by atoms with Gasteiger partial charge in [-0.1, -0.05) is 0 Å². The van der Waals surface area contributed by atoms with Crippen molar-refractivity contribution in [2.75, 3.05) is 19.8 Å². The monoisotopic (exact) mass is 261 g/mol. The van der Waals surface area contributed by atoms with Gasteiger partial charge in [0.1, 0.15) is 0 Å². The van der Waals surface area contributed by atoms with Gasteiger partial charge in [0.05, 0.1) is 12.4 Å². The van der Waals surface area contributed by atoms with Crippen LogP contribution >= 0.6 is 0 Å². The SMILES string of the molecule is CN1CC2(CCC(OS(C)(=O)=O)CC2)CC1=O. The zero-order chi connectivity index (χ0) is 12.7. The number of rotatable bonds is 2. The summed E-state index contributed by atoms with van der Waals surface area (Å²) in [6.07, 6.45) is 4.71. The fourth-order valence-electron chi connectivity index (χ4n) is 2.98. The van der Waals surface area contributed by atoms with Gasteiger partial charge < -0.3 is 4.90 Å². The lowest BCUT2D eigenvalue weighted by Gasteiger charge is -2.35. The first-order valence-corrected chi connectivity index (χ1v) is 7.74. The molecule has 2 fully saturated rings. The van der Waals surface area contributed by atoms with E-state index in [0.29, 0.717) is 6.42 Å². The molecular formula is C11H19NO4S. The third-order valence-corrected chi connectivity index (χ3v) is 4.45. The first-order chi connectivity index (χ1) is 7.80. The van der Waals surface area contributed by atoms with E-state index in [1.807, 2.05) is 7.05 Å². The summed E-state index contributed by atoms with van der Waals surface area (Å²) in [5.41, 5.74) is 0.0726. The minimum absolute atomic E-state index is 0.0726. The largest absolute Gasteiger partial charge is 0.345 e.